The molecule has 0 saturated heterocycles. The van der Waals surface area contributed by atoms with Gasteiger partial charge in [-0.2, -0.15) is 0 Å². The van der Waals surface area contributed by atoms with Gasteiger partial charge in [0.1, 0.15) is 0 Å². The predicted octanol–water partition coefficient (Wildman–Crippen LogP) is 3.91. The molecule has 2 aromatic carbocycles. The molecule has 0 bridgehead atoms. The van der Waals surface area contributed by atoms with Gasteiger partial charge in [0, 0.05) is 13.1 Å². The first-order valence-electron chi connectivity index (χ1n) is 6.54. The summed E-state index contributed by atoms with van der Waals surface area (Å²) in [5.41, 5.74) is 2.28. The number of nitrogens with zero attached hydrogens (tertiary/aromatic N) is 2. The molecule has 1 aliphatic rings. The largest absolute Gasteiger partial charge is 0.453 e. The lowest BCUT2D eigenvalue weighted by molar-refractivity contribution is 0.413. The fraction of sp³-hybridized carbons (Fsp3) is 0.250. The van der Waals surface area contributed by atoms with E-state index in [1.807, 2.05) is 24.3 Å². The van der Waals surface area contributed by atoms with Crippen LogP contribution in [0.5, 0.6) is 11.5 Å². The topological polar surface area (TPSA) is 15.7 Å². The maximum absolute atomic E-state index is 5.96. The Kier molecular flexibility index (Phi) is 4.53. The first-order valence-corrected chi connectivity index (χ1v) is 6.54. The van der Waals surface area contributed by atoms with Gasteiger partial charge in [0.05, 0.1) is 11.4 Å². The maximum Gasteiger partial charge on any atom is 0.151 e. The summed E-state index contributed by atoms with van der Waals surface area (Å²) in [6.07, 6.45) is 0. The van der Waals surface area contributed by atoms with Crippen LogP contribution in [0.1, 0.15) is 0 Å². The van der Waals surface area contributed by atoms with E-state index in [9.17, 15) is 0 Å². The zero-order chi connectivity index (χ0) is 13.2. The van der Waals surface area contributed by atoms with Crippen molar-refractivity contribution in [3.63, 3.8) is 0 Å². The molecule has 0 atom stereocenters. The molecule has 0 amide bonds. The van der Waals surface area contributed by atoms with Crippen LogP contribution in [0, 0.1) is 0 Å². The normalized spacial score (nSPS) is 12.2. The lowest BCUT2D eigenvalue weighted by Gasteiger charge is -2.33. The average Bonchev–Trinajstić information content (AvgIpc) is 2.43. The van der Waals surface area contributed by atoms with E-state index in [1.165, 1.54) is 0 Å². The molecule has 1 heterocycles. The summed E-state index contributed by atoms with van der Waals surface area (Å²) in [5.74, 6) is 1.86. The van der Waals surface area contributed by atoms with Crippen molar-refractivity contribution in [2.24, 2.45) is 0 Å². The molecule has 2 aromatic rings. The molecule has 0 fully saturated rings. The number of fused-ring (bicyclic) bond motifs is 2. The van der Waals surface area contributed by atoms with Crippen molar-refractivity contribution < 1.29 is 4.74 Å². The molecule has 0 aromatic heterocycles. The van der Waals surface area contributed by atoms with Crippen molar-refractivity contribution in [2.75, 3.05) is 32.1 Å². The predicted molar refractivity (Wildman–Crippen MR) is 85.8 cm³/mol. The zero-order valence-corrected chi connectivity index (χ0v) is 12.6. The molecule has 0 spiro atoms. The van der Waals surface area contributed by atoms with Gasteiger partial charge in [-0.15, -0.1) is 12.4 Å². The summed E-state index contributed by atoms with van der Waals surface area (Å²) >= 11 is 0. The Balaban J connectivity index is 0.00000147. The number of anilines is 2. The van der Waals surface area contributed by atoms with E-state index in [4.69, 9.17) is 4.74 Å². The van der Waals surface area contributed by atoms with Crippen molar-refractivity contribution in [3.8, 4) is 11.5 Å². The van der Waals surface area contributed by atoms with Gasteiger partial charge in [-0.05, 0) is 38.4 Å². The fourth-order valence-corrected chi connectivity index (χ4v) is 2.32. The second-order valence-electron chi connectivity index (χ2n) is 4.99. The van der Waals surface area contributed by atoms with Crippen LogP contribution in [0.2, 0.25) is 0 Å². The highest BCUT2D eigenvalue weighted by molar-refractivity contribution is 5.85. The van der Waals surface area contributed by atoms with E-state index in [1.54, 1.807) is 0 Å². The molecule has 0 aliphatic carbocycles. The van der Waals surface area contributed by atoms with Gasteiger partial charge in [0.15, 0.2) is 11.5 Å². The molecule has 4 heteroatoms. The average molecular weight is 291 g/mol. The van der Waals surface area contributed by atoms with Crippen LogP contribution in [0.25, 0.3) is 0 Å². The minimum Gasteiger partial charge on any atom is -0.453 e. The van der Waals surface area contributed by atoms with Crippen LogP contribution in [0.3, 0.4) is 0 Å². The monoisotopic (exact) mass is 290 g/mol. The van der Waals surface area contributed by atoms with Crippen LogP contribution < -0.4 is 9.64 Å². The lowest BCUT2D eigenvalue weighted by atomic mass is 10.1. The molecule has 3 nitrogen and oxygen atoms in total. The van der Waals surface area contributed by atoms with Crippen molar-refractivity contribution in [3.05, 3.63) is 48.5 Å². The van der Waals surface area contributed by atoms with Crippen LogP contribution in [0.4, 0.5) is 11.4 Å². The van der Waals surface area contributed by atoms with Gasteiger partial charge >= 0.3 is 0 Å². The van der Waals surface area contributed by atoms with Gasteiger partial charge in [-0.3, -0.25) is 0 Å². The van der Waals surface area contributed by atoms with Gasteiger partial charge < -0.3 is 14.5 Å². The Labute approximate surface area is 126 Å². The quantitative estimate of drug-likeness (QED) is 0.852. The molecule has 0 radical (unpaired) electrons. The summed E-state index contributed by atoms with van der Waals surface area (Å²) in [6, 6.07) is 16.4. The van der Waals surface area contributed by atoms with Crippen molar-refractivity contribution >= 4 is 23.8 Å². The van der Waals surface area contributed by atoms with E-state index in [0.29, 0.717) is 0 Å². The Morgan fingerprint density at radius 1 is 0.900 bits per heavy atom. The van der Waals surface area contributed by atoms with E-state index in [0.717, 1.165) is 36.0 Å². The summed E-state index contributed by atoms with van der Waals surface area (Å²) in [7, 11) is 4.19. The minimum atomic E-state index is 0. The molecule has 1 aliphatic heterocycles. The van der Waals surface area contributed by atoms with E-state index < -0.39 is 0 Å². The molecule has 106 valence electrons. The van der Waals surface area contributed by atoms with Crippen LogP contribution >= 0.6 is 12.4 Å². The van der Waals surface area contributed by atoms with E-state index >= 15 is 0 Å². The lowest BCUT2D eigenvalue weighted by Crippen LogP contribution is -2.29. The maximum atomic E-state index is 5.96. The zero-order valence-electron chi connectivity index (χ0n) is 11.7. The second-order valence-corrected chi connectivity index (χ2v) is 4.99. The fourth-order valence-electron chi connectivity index (χ4n) is 2.32. The third kappa shape index (κ3) is 2.74. The number of para-hydroxylation sites is 4. The highest BCUT2D eigenvalue weighted by Gasteiger charge is 2.23. The molecule has 20 heavy (non-hydrogen) atoms. The first kappa shape index (κ1) is 14.7. The number of benzene rings is 2. The van der Waals surface area contributed by atoms with Crippen LogP contribution in [0.15, 0.2) is 48.5 Å². The molecular formula is C16H19ClN2O. The smallest absolute Gasteiger partial charge is 0.151 e. The van der Waals surface area contributed by atoms with Crippen LogP contribution in [-0.4, -0.2) is 32.1 Å². The van der Waals surface area contributed by atoms with Crippen molar-refractivity contribution in [1.82, 2.24) is 4.90 Å². The van der Waals surface area contributed by atoms with Gasteiger partial charge in [0.2, 0.25) is 0 Å². The first-order chi connectivity index (χ1) is 9.25. The van der Waals surface area contributed by atoms with Crippen molar-refractivity contribution in [1.29, 1.82) is 0 Å². The summed E-state index contributed by atoms with van der Waals surface area (Å²) in [6.45, 7) is 1.95. The van der Waals surface area contributed by atoms with Gasteiger partial charge in [-0.25, -0.2) is 0 Å². The Hall–Kier alpha value is -1.71. The Morgan fingerprint density at radius 2 is 1.40 bits per heavy atom. The summed E-state index contributed by atoms with van der Waals surface area (Å²) in [5, 5.41) is 0. The highest BCUT2D eigenvalue weighted by atomic mass is 35.5. The number of likely N-dealkylation sites (N-methyl/N-ethyl adjacent to an activating group) is 1. The molecule has 0 unspecified atom stereocenters. The number of hydrogen-bond acceptors (Lipinski definition) is 3. The third-order valence-electron chi connectivity index (χ3n) is 3.30. The molecule has 3 rings (SSSR count). The number of hydrogen-bond donors (Lipinski definition) is 0. The number of ether oxygens (including phenoxy) is 1. The number of rotatable bonds is 3. The van der Waals surface area contributed by atoms with E-state index in [-0.39, 0.29) is 12.4 Å². The van der Waals surface area contributed by atoms with Gasteiger partial charge in [-0.1, -0.05) is 24.3 Å². The Morgan fingerprint density at radius 3 is 1.90 bits per heavy atom. The van der Waals surface area contributed by atoms with E-state index in [2.05, 4.69) is 48.2 Å². The second kappa shape index (κ2) is 6.16. The van der Waals surface area contributed by atoms with Crippen molar-refractivity contribution in [2.45, 2.75) is 0 Å². The molecule has 0 saturated carbocycles. The summed E-state index contributed by atoms with van der Waals surface area (Å²) < 4.78 is 5.96. The van der Waals surface area contributed by atoms with Gasteiger partial charge in [0.25, 0.3) is 0 Å². The standard InChI is InChI=1S/C16H18N2O.ClH/c1-17(2)11-12-18-13-7-3-5-9-15(13)19-16-10-6-4-8-14(16)18;/h3-10H,11-12H2,1-2H3;1H. The minimum absolute atomic E-state index is 0. The third-order valence-corrected chi connectivity index (χ3v) is 3.30. The summed E-state index contributed by atoms with van der Waals surface area (Å²) in [4.78, 5) is 4.52. The molecule has 0 N–H and O–H groups in total. The molecular weight excluding hydrogens is 272 g/mol. The highest BCUT2D eigenvalue weighted by Crippen LogP contribution is 2.45. The Bertz CT molecular complexity index is 541. The SMILES string of the molecule is CN(C)CCN1c2ccccc2Oc2ccccc21.Cl. The number of halogens is 1. The van der Waals surface area contributed by atoms with Crippen LogP contribution in [-0.2, 0) is 0 Å².